The predicted octanol–water partition coefficient (Wildman–Crippen LogP) is 3.00. The van der Waals surface area contributed by atoms with E-state index in [-0.39, 0.29) is 30.3 Å². The van der Waals surface area contributed by atoms with Gasteiger partial charge in [-0.1, -0.05) is 33.3 Å². The maximum Gasteiger partial charge on any atom is 0.338 e. The lowest BCUT2D eigenvalue weighted by Crippen LogP contribution is -2.39. The summed E-state index contributed by atoms with van der Waals surface area (Å²) in [7, 11) is 0. The second-order valence-corrected chi connectivity index (χ2v) is 9.54. The minimum atomic E-state index is -0.761. The van der Waals surface area contributed by atoms with Gasteiger partial charge in [-0.15, -0.1) is 0 Å². The molecule has 2 aliphatic heterocycles. The fourth-order valence-electron chi connectivity index (χ4n) is 3.97. The number of carbonyl (C=O) groups excluding carboxylic acids is 1. The standard InChI is InChI=1S/C24H19BrN2O6S/c1-3-31-23(30)20-12(2)26-24-27(21(20)13-4-7-17-18(9-13)33-11-32-17)22(29)19(34-24)10-14-8-15(25)5-6-16(14)28/h4-10,21,28H,3,11H2,1-2H3/b19-10-/t21-/m0/s1. The molecular weight excluding hydrogens is 524 g/mol. The third kappa shape index (κ3) is 3.82. The second kappa shape index (κ2) is 8.77. The fourth-order valence-corrected chi connectivity index (χ4v) is 5.39. The van der Waals surface area contributed by atoms with Gasteiger partial charge < -0.3 is 19.3 Å². The second-order valence-electron chi connectivity index (χ2n) is 7.62. The third-order valence-electron chi connectivity index (χ3n) is 5.51. The van der Waals surface area contributed by atoms with E-state index in [0.29, 0.717) is 37.7 Å². The van der Waals surface area contributed by atoms with Crippen LogP contribution in [0.4, 0.5) is 0 Å². The summed E-state index contributed by atoms with van der Waals surface area (Å²) < 4.78 is 18.9. The molecule has 0 saturated heterocycles. The first-order valence-electron chi connectivity index (χ1n) is 10.4. The highest BCUT2D eigenvalue weighted by Gasteiger charge is 2.34. The van der Waals surface area contributed by atoms with Crippen molar-refractivity contribution in [2.24, 2.45) is 4.99 Å². The van der Waals surface area contributed by atoms with E-state index in [9.17, 15) is 14.7 Å². The maximum absolute atomic E-state index is 13.6. The van der Waals surface area contributed by atoms with Crippen LogP contribution in [0.1, 0.15) is 31.0 Å². The monoisotopic (exact) mass is 542 g/mol. The first-order chi connectivity index (χ1) is 16.4. The van der Waals surface area contributed by atoms with Crippen LogP contribution in [0.15, 0.2) is 61.9 Å². The average Bonchev–Trinajstić information content (AvgIpc) is 3.39. The summed E-state index contributed by atoms with van der Waals surface area (Å²) in [5.41, 5.74) is 1.57. The number of benzene rings is 2. The largest absolute Gasteiger partial charge is 0.507 e. The molecule has 0 amide bonds. The van der Waals surface area contributed by atoms with Crippen LogP contribution in [0.2, 0.25) is 0 Å². The van der Waals surface area contributed by atoms with E-state index < -0.39 is 12.0 Å². The van der Waals surface area contributed by atoms with Gasteiger partial charge in [0.15, 0.2) is 16.3 Å². The summed E-state index contributed by atoms with van der Waals surface area (Å²) in [5.74, 6) is 0.645. The number of thiazole rings is 1. The SMILES string of the molecule is CCOC(=O)C1=C(C)N=c2s/c(=C\c3cc(Br)ccc3O)c(=O)n2[C@H]1c1ccc2c(c1)OCO2. The molecule has 0 fully saturated rings. The topological polar surface area (TPSA) is 99.4 Å². The Bertz CT molecular complexity index is 1540. The van der Waals surface area contributed by atoms with E-state index in [0.717, 1.165) is 4.47 Å². The molecule has 1 aromatic heterocycles. The van der Waals surface area contributed by atoms with Crippen molar-refractivity contribution < 1.29 is 24.1 Å². The Labute approximate surface area is 206 Å². The van der Waals surface area contributed by atoms with Crippen LogP contribution in [0.25, 0.3) is 6.08 Å². The van der Waals surface area contributed by atoms with Crippen molar-refractivity contribution in [3.8, 4) is 17.2 Å². The van der Waals surface area contributed by atoms with Crippen LogP contribution in [-0.4, -0.2) is 29.0 Å². The van der Waals surface area contributed by atoms with E-state index in [2.05, 4.69) is 20.9 Å². The molecule has 0 bridgehead atoms. The molecule has 0 radical (unpaired) electrons. The van der Waals surface area contributed by atoms with E-state index in [1.54, 1.807) is 56.3 Å². The number of carbonyl (C=O) groups is 1. The van der Waals surface area contributed by atoms with Gasteiger partial charge in [0.25, 0.3) is 5.56 Å². The first kappa shape index (κ1) is 22.4. The van der Waals surface area contributed by atoms with Crippen LogP contribution in [0, 0.1) is 0 Å². The zero-order valence-electron chi connectivity index (χ0n) is 18.2. The Hall–Kier alpha value is -3.37. The molecule has 0 unspecified atom stereocenters. The van der Waals surface area contributed by atoms with Gasteiger partial charge >= 0.3 is 5.97 Å². The molecule has 174 valence electrons. The molecule has 0 spiro atoms. The molecule has 34 heavy (non-hydrogen) atoms. The van der Waals surface area contributed by atoms with Crippen LogP contribution in [0.5, 0.6) is 17.2 Å². The van der Waals surface area contributed by atoms with Gasteiger partial charge in [0.05, 0.1) is 28.5 Å². The smallest absolute Gasteiger partial charge is 0.338 e. The van der Waals surface area contributed by atoms with Crippen molar-refractivity contribution >= 4 is 39.3 Å². The Balaban J connectivity index is 1.74. The number of nitrogens with zero attached hydrogens (tertiary/aromatic N) is 2. The fraction of sp³-hybridized carbons (Fsp3) is 0.208. The van der Waals surface area contributed by atoms with Gasteiger partial charge in [0.2, 0.25) is 6.79 Å². The van der Waals surface area contributed by atoms with Crippen molar-refractivity contribution in [3.63, 3.8) is 0 Å². The molecule has 8 nitrogen and oxygen atoms in total. The number of fused-ring (bicyclic) bond motifs is 2. The highest BCUT2D eigenvalue weighted by atomic mass is 79.9. The number of allylic oxidation sites excluding steroid dienone is 1. The molecule has 3 heterocycles. The summed E-state index contributed by atoms with van der Waals surface area (Å²) in [6, 6.07) is 9.54. The van der Waals surface area contributed by atoms with Crippen molar-refractivity contribution in [1.29, 1.82) is 0 Å². The highest BCUT2D eigenvalue weighted by Crippen LogP contribution is 2.38. The molecule has 10 heteroatoms. The molecular formula is C24H19BrN2O6S. The van der Waals surface area contributed by atoms with Crippen molar-refractivity contribution in [2.45, 2.75) is 19.9 Å². The molecule has 0 aliphatic carbocycles. The van der Waals surface area contributed by atoms with Crippen LogP contribution in [0.3, 0.4) is 0 Å². The maximum atomic E-state index is 13.6. The quantitative estimate of drug-likeness (QED) is 0.509. The molecule has 1 atom stereocenters. The van der Waals surface area contributed by atoms with Gasteiger partial charge in [-0.05, 0) is 55.8 Å². The normalized spacial score (nSPS) is 16.9. The summed E-state index contributed by atoms with van der Waals surface area (Å²) in [6.07, 6.45) is 1.62. The lowest BCUT2D eigenvalue weighted by molar-refractivity contribution is -0.139. The Morgan fingerprint density at radius 3 is 2.88 bits per heavy atom. The van der Waals surface area contributed by atoms with Crippen molar-refractivity contribution in [3.05, 3.63) is 83.0 Å². The number of aromatic nitrogens is 1. The van der Waals surface area contributed by atoms with Crippen LogP contribution < -0.4 is 24.4 Å². The average molecular weight is 543 g/mol. The lowest BCUT2D eigenvalue weighted by Gasteiger charge is -2.24. The number of phenols is 1. The Morgan fingerprint density at radius 2 is 2.09 bits per heavy atom. The number of ether oxygens (including phenoxy) is 3. The number of esters is 1. The zero-order valence-corrected chi connectivity index (χ0v) is 20.6. The molecule has 3 aromatic rings. The predicted molar refractivity (Wildman–Crippen MR) is 129 cm³/mol. The lowest BCUT2D eigenvalue weighted by atomic mass is 9.95. The Kier molecular flexibility index (Phi) is 5.78. The van der Waals surface area contributed by atoms with Crippen LogP contribution >= 0.6 is 27.3 Å². The molecule has 0 saturated carbocycles. The minimum Gasteiger partial charge on any atom is -0.507 e. The van der Waals surface area contributed by atoms with Crippen molar-refractivity contribution in [2.75, 3.05) is 13.4 Å². The summed E-state index contributed by atoms with van der Waals surface area (Å²) in [6.45, 7) is 3.75. The summed E-state index contributed by atoms with van der Waals surface area (Å²) in [5, 5.41) is 10.3. The molecule has 2 aromatic carbocycles. The highest BCUT2D eigenvalue weighted by molar-refractivity contribution is 9.10. The van der Waals surface area contributed by atoms with E-state index in [4.69, 9.17) is 14.2 Å². The minimum absolute atomic E-state index is 0.0461. The van der Waals surface area contributed by atoms with Gasteiger partial charge in [0.1, 0.15) is 5.75 Å². The number of aromatic hydroxyl groups is 1. The number of hydrogen-bond donors (Lipinski definition) is 1. The van der Waals surface area contributed by atoms with E-state index >= 15 is 0 Å². The van der Waals surface area contributed by atoms with Gasteiger partial charge in [-0.2, -0.15) is 0 Å². The Morgan fingerprint density at radius 1 is 1.29 bits per heavy atom. The van der Waals surface area contributed by atoms with Gasteiger partial charge in [0, 0.05) is 10.0 Å². The number of halogens is 1. The van der Waals surface area contributed by atoms with Crippen LogP contribution in [-0.2, 0) is 9.53 Å². The molecule has 5 rings (SSSR count). The third-order valence-corrected chi connectivity index (χ3v) is 6.98. The molecule has 1 N–H and O–H groups in total. The number of phenolic OH excluding ortho intramolecular Hbond substituents is 1. The van der Waals surface area contributed by atoms with E-state index in [1.807, 2.05) is 0 Å². The summed E-state index contributed by atoms with van der Waals surface area (Å²) in [4.78, 5) is 31.6. The number of hydrogen-bond acceptors (Lipinski definition) is 8. The summed E-state index contributed by atoms with van der Waals surface area (Å²) >= 11 is 4.57. The van der Waals surface area contributed by atoms with Gasteiger partial charge in [-0.3, -0.25) is 9.36 Å². The molecule has 2 aliphatic rings. The zero-order chi connectivity index (χ0) is 24.0. The number of rotatable bonds is 4. The first-order valence-corrected chi connectivity index (χ1v) is 12.1. The van der Waals surface area contributed by atoms with Crippen molar-refractivity contribution in [1.82, 2.24) is 4.57 Å². The van der Waals surface area contributed by atoms with E-state index in [1.165, 1.54) is 15.9 Å². The van der Waals surface area contributed by atoms with Gasteiger partial charge in [-0.25, -0.2) is 9.79 Å².